The standard InChI is InChI=1S/C14H14BrNO/c15-11-6-7-13(16)12(9-11)14(17)8-10-4-2-1-3-5-10/h1-7,9,14,17H,8,16H2. The van der Waals surface area contributed by atoms with E-state index in [1.807, 2.05) is 42.5 Å². The summed E-state index contributed by atoms with van der Waals surface area (Å²) in [6, 6.07) is 15.4. The van der Waals surface area contributed by atoms with Crippen molar-refractivity contribution < 1.29 is 5.11 Å². The maximum Gasteiger partial charge on any atom is 0.0850 e. The minimum atomic E-state index is -0.574. The van der Waals surface area contributed by atoms with E-state index in [1.54, 1.807) is 6.07 Å². The van der Waals surface area contributed by atoms with E-state index in [0.29, 0.717) is 12.1 Å². The summed E-state index contributed by atoms with van der Waals surface area (Å²) in [6.07, 6.45) is -0.00324. The van der Waals surface area contributed by atoms with Crippen molar-refractivity contribution in [2.24, 2.45) is 0 Å². The Hall–Kier alpha value is -1.32. The van der Waals surface area contributed by atoms with E-state index in [2.05, 4.69) is 15.9 Å². The molecule has 1 unspecified atom stereocenters. The van der Waals surface area contributed by atoms with Gasteiger partial charge < -0.3 is 10.8 Å². The molecule has 0 aliphatic heterocycles. The van der Waals surface area contributed by atoms with Gasteiger partial charge in [-0.15, -0.1) is 0 Å². The summed E-state index contributed by atoms with van der Waals surface area (Å²) in [4.78, 5) is 0. The number of hydrogen-bond donors (Lipinski definition) is 2. The third-order valence-electron chi connectivity index (χ3n) is 2.68. The Kier molecular flexibility index (Phi) is 3.82. The Balaban J connectivity index is 2.20. The van der Waals surface area contributed by atoms with E-state index in [-0.39, 0.29) is 0 Å². The van der Waals surface area contributed by atoms with Crippen molar-refractivity contribution in [1.82, 2.24) is 0 Å². The summed E-state index contributed by atoms with van der Waals surface area (Å²) < 4.78 is 0.925. The highest BCUT2D eigenvalue weighted by Crippen LogP contribution is 2.26. The third-order valence-corrected chi connectivity index (χ3v) is 3.17. The molecule has 2 aromatic rings. The quantitative estimate of drug-likeness (QED) is 0.853. The zero-order valence-corrected chi connectivity index (χ0v) is 10.9. The van der Waals surface area contributed by atoms with Gasteiger partial charge in [-0.2, -0.15) is 0 Å². The number of anilines is 1. The molecule has 88 valence electrons. The predicted molar refractivity (Wildman–Crippen MR) is 73.7 cm³/mol. The van der Waals surface area contributed by atoms with Crippen molar-refractivity contribution in [2.75, 3.05) is 5.73 Å². The average molecular weight is 292 g/mol. The van der Waals surface area contributed by atoms with Crippen molar-refractivity contribution >= 4 is 21.6 Å². The van der Waals surface area contributed by atoms with Gasteiger partial charge in [0, 0.05) is 22.1 Å². The van der Waals surface area contributed by atoms with E-state index in [9.17, 15) is 5.11 Å². The van der Waals surface area contributed by atoms with Crippen LogP contribution in [0.25, 0.3) is 0 Å². The lowest BCUT2D eigenvalue weighted by molar-refractivity contribution is 0.179. The number of nitrogens with two attached hydrogens (primary N) is 1. The molecule has 0 fully saturated rings. The second kappa shape index (κ2) is 5.34. The van der Waals surface area contributed by atoms with Gasteiger partial charge in [0.25, 0.3) is 0 Å². The Labute approximate surface area is 109 Å². The minimum absolute atomic E-state index is 0.571. The van der Waals surface area contributed by atoms with Gasteiger partial charge in [0.15, 0.2) is 0 Å². The molecule has 0 bridgehead atoms. The zero-order chi connectivity index (χ0) is 12.3. The smallest absolute Gasteiger partial charge is 0.0850 e. The number of hydrogen-bond acceptors (Lipinski definition) is 2. The van der Waals surface area contributed by atoms with Crippen LogP contribution in [-0.2, 0) is 6.42 Å². The van der Waals surface area contributed by atoms with Crippen LogP contribution >= 0.6 is 15.9 Å². The van der Waals surface area contributed by atoms with Crippen molar-refractivity contribution in [2.45, 2.75) is 12.5 Å². The van der Waals surface area contributed by atoms with Crippen molar-refractivity contribution in [3.05, 3.63) is 64.1 Å². The molecule has 2 aromatic carbocycles. The molecule has 0 aromatic heterocycles. The second-order valence-electron chi connectivity index (χ2n) is 3.98. The van der Waals surface area contributed by atoms with Crippen LogP contribution in [0.15, 0.2) is 53.0 Å². The number of halogens is 1. The molecule has 2 nitrogen and oxygen atoms in total. The van der Waals surface area contributed by atoms with Crippen LogP contribution in [0, 0.1) is 0 Å². The molecular weight excluding hydrogens is 278 g/mol. The molecule has 0 spiro atoms. The monoisotopic (exact) mass is 291 g/mol. The summed E-state index contributed by atoms with van der Waals surface area (Å²) in [7, 11) is 0. The first kappa shape index (κ1) is 12.1. The lowest BCUT2D eigenvalue weighted by atomic mass is 10.0. The number of aliphatic hydroxyl groups excluding tert-OH is 1. The highest BCUT2D eigenvalue weighted by Gasteiger charge is 2.12. The Bertz CT molecular complexity index is 499. The highest BCUT2D eigenvalue weighted by atomic mass is 79.9. The average Bonchev–Trinajstić information content (AvgIpc) is 2.33. The number of benzene rings is 2. The van der Waals surface area contributed by atoms with Crippen LogP contribution in [-0.4, -0.2) is 5.11 Å². The minimum Gasteiger partial charge on any atom is -0.398 e. The fraction of sp³-hybridized carbons (Fsp3) is 0.143. The van der Waals surface area contributed by atoms with Gasteiger partial charge in [0.2, 0.25) is 0 Å². The molecule has 0 amide bonds. The van der Waals surface area contributed by atoms with Gasteiger partial charge in [-0.25, -0.2) is 0 Å². The molecule has 0 saturated heterocycles. The number of nitrogen functional groups attached to an aromatic ring is 1. The van der Waals surface area contributed by atoms with Gasteiger partial charge in [-0.1, -0.05) is 46.3 Å². The predicted octanol–water partition coefficient (Wildman–Crippen LogP) is 3.31. The molecule has 3 N–H and O–H groups in total. The normalized spacial score (nSPS) is 12.4. The summed E-state index contributed by atoms with van der Waals surface area (Å²) in [5.74, 6) is 0. The van der Waals surface area contributed by atoms with E-state index in [1.165, 1.54) is 0 Å². The van der Waals surface area contributed by atoms with Crippen molar-refractivity contribution in [3.8, 4) is 0 Å². The molecule has 0 aliphatic rings. The molecule has 0 saturated carbocycles. The topological polar surface area (TPSA) is 46.2 Å². The van der Waals surface area contributed by atoms with Gasteiger partial charge >= 0.3 is 0 Å². The van der Waals surface area contributed by atoms with Gasteiger partial charge in [0.05, 0.1) is 6.10 Å². The van der Waals surface area contributed by atoms with E-state index in [4.69, 9.17) is 5.73 Å². The summed E-state index contributed by atoms with van der Waals surface area (Å²) in [5, 5.41) is 10.2. The highest BCUT2D eigenvalue weighted by molar-refractivity contribution is 9.10. The van der Waals surface area contributed by atoms with Crippen LogP contribution in [0.4, 0.5) is 5.69 Å². The third kappa shape index (κ3) is 3.08. The zero-order valence-electron chi connectivity index (χ0n) is 9.31. The van der Waals surface area contributed by atoms with E-state index >= 15 is 0 Å². The largest absolute Gasteiger partial charge is 0.398 e. The van der Waals surface area contributed by atoms with Gasteiger partial charge in [0.1, 0.15) is 0 Å². The first-order chi connectivity index (χ1) is 8.16. The number of rotatable bonds is 3. The molecule has 0 heterocycles. The Morgan fingerprint density at radius 2 is 1.82 bits per heavy atom. The summed E-state index contributed by atoms with van der Waals surface area (Å²) >= 11 is 3.38. The molecule has 1 atom stereocenters. The first-order valence-electron chi connectivity index (χ1n) is 5.44. The van der Waals surface area contributed by atoms with Crippen molar-refractivity contribution in [3.63, 3.8) is 0 Å². The summed E-state index contributed by atoms with van der Waals surface area (Å²) in [5.41, 5.74) is 8.35. The molecule has 0 radical (unpaired) electrons. The Morgan fingerprint density at radius 1 is 1.12 bits per heavy atom. The second-order valence-corrected chi connectivity index (χ2v) is 4.89. The molecule has 17 heavy (non-hydrogen) atoms. The van der Waals surface area contributed by atoms with Gasteiger partial charge in [-0.05, 0) is 23.8 Å². The maximum atomic E-state index is 10.2. The fourth-order valence-electron chi connectivity index (χ4n) is 1.78. The lowest BCUT2D eigenvalue weighted by Gasteiger charge is -2.14. The molecular formula is C14H14BrNO. The van der Waals surface area contributed by atoms with Crippen LogP contribution in [0.5, 0.6) is 0 Å². The molecule has 2 rings (SSSR count). The fourth-order valence-corrected chi connectivity index (χ4v) is 2.16. The van der Waals surface area contributed by atoms with E-state index in [0.717, 1.165) is 15.6 Å². The molecule has 0 aliphatic carbocycles. The Morgan fingerprint density at radius 3 is 2.53 bits per heavy atom. The van der Waals surface area contributed by atoms with E-state index < -0.39 is 6.10 Å². The van der Waals surface area contributed by atoms with Crippen LogP contribution in [0.2, 0.25) is 0 Å². The molecule has 3 heteroatoms. The summed E-state index contributed by atoms with van der Waals surface area (Å²) in [6.45, 7) is 0. The van der Waals surface area contributed by atoms with Crippen LogP contribution < -0.4 is 5.73 Å². The van der Waals surface area contributed by atoms with Crippen LogP contribution in [0.3, 0.4) is 0 Å². The number of aliphatic hydroxyl groups is 1. The maximum absolute atomic E-state index is 10.2. The van der Waals surface area contributed by atoms with Crippen LogP contribution in [0.1, 0.15) is 17.2 Å². The first-order valence-corrected chi connectivity index (χ1v) is 6.23. The van der Waals surface area contributed by atoms with Crippen molar-refractivity contribution in [1.29, 1.82) is 0 Å². The van der Waals surface area contributed by atoms with Gasteiger partial charge in [-0.3, -0.25) is 0 Å². The SMILES string of the molecule is Nc1ccc(Br)cc1C(O)Cc1ccccc1. The lowest BCUT2D eigenvalue weighted by Crippen LogP contribution is -2.05.